The SMILES string of the molecule is COc1ccc2[nH]c(C(=O)N[C@@]34C[C@@H]3CN(C(=O)CNC(=O)C3CC3)C4)c(C)c2c1. The van der Waals surface area contributed by atoms with E-state index in [9.17, 15) is 14.4 Å². The number of amides is 3. The van der Waals surface area contributed by atoms with Gasteiger partial charge in [0.05, 0.1) is 19.2 Å². The number of nitrogens with one attached hydrogen (secondary N) is 3. The second-order valence-electron chi connectivity index (χ2n) is 8.81. The number of piperidine rings is 1. The van der Waals surface area contributed by atoms with E-state index < -0.39 is 0 Å². The van der Waals surface area contributed by atoms with Crippen LogP contribution in [0.3, 0.4) is 0 Å². The van der Waals surface area contributed by atoms with Crippen molar-refractivity contribution in [3.05, 3.63) is 29.5 Å². The van der Waals surface area contributed by atoms with Crippen LogP contribution < -0.4 is 15.4 Å². The number of aromatic nitrogens is 1. The number of methoxy groups -OCH3 is 1. The summed E-state index contributed by atoms with van der Waals surface area (Å²) in [5, 5.41) is 6.86. The Kier molecular flexibility index (Phi) is 4.27. The van der Waals surface area contributed by atoms with Crippen molar-refractivity contribution in [1.29, 1.82) is 0 Å². The van der Waals surface area contributed by atoms with Gasteiger partial charge in [-0.2, -0.15) is 0 Å². The van der Waals surface area contributed by atoms with Gasteiger partial charge in [-0.1, -0.05) is 0 Å². The largest absolute Gasteiger partial charge is 0.497 e. The van der Waals surface area contributed by atoms with Crippen LogP contribution >= 0.6 is 0 Å². The van der Waals surface area contributed by atoms with Crippen molar-refractivity contribution in [2.24, 2.45) is 11.8 Å². The Bertz CT molecular complexity index is 1060. The molecule has 0 unspecified atom stereocenters. The molecule has 0 spiro atoms. The minimum atomic E-state index is -0.353. The number of benzene rings is 1. The van der Waals surface area contributed by atoms with Crippen LogP contribution in [0.4, 0.5) is 0 Å². The molecule has 1 aromatic carbocycles. The summed E-state index contributed by atoms with van der Waals surface area (Å²) < 4.78 is 5.28. The lowest BCUT2D eigenvalue weighted by Crippen LogP contribution is -2.46. The van der Waals surface area contributed by atoms with Gasteiger partial charge in [0.1, 0.15) is 11.4 Å². The van der Waals surface area contributed by atoms with Crippen LogP contribution in [0.2, 0.25) is 0 Å². The van der Waals surface area contributed by atoms with Crippen LogP contribution in [0, 0.1) is 18.8 Å². The molecule has 3 aliphatic rings. The first kappa shape index (κ1) is 19.0. The van der Waals surface area contributed by atoms with Gasteiger partial charge in [-0.25, -0.2) is 0 Å². The third-order valence-electron chi connectivity index (χ3n) is 6.72. The van der Waals surface area contributed by atoms with Gasteiger partial charge in [-0.15, -0.1) is 0 Å². The number of likely N-dealkylation sites (tertiary alicyclic amines) is 1. The molecule has 8 nitrogen and oxygen atoms in total. The number of aryl methyl sites for hydroxylation is 1. The number of H-pyrrole nitrogens is 1. The Balaban J connectivity index is 1.23. The first-order valence-corrected chi connectivity index (χ1v) is 10.4. The van der Waals surface area contributed by atoms with E-state index in [1.807, 2.05) is 25.1 Å². The van der Waals surface area contributed by atoms with Gasteiger partial charge in [0, 0.05) is 35.8 Å². The zero-order valence-electron chi connectivity index (χ0n) is 17.2. The summed E-state index contributed by atoms with van der Waals surface area (Å²) in [4.78, 5) is 42.2. The molecule has 0 bridgehead atoms. The van der Waals surface area contributed by atoms with Gasteiger partial charge >= 0.3 is 0 Å². The van der Waals surface area contributed by atoms with E-state index >= 15 is 0 Å². The fraction of sp³-hybridized carbons (Fsp3) is 0.500. The fourth-order valence-corrected chi connectivity index (χ4v) is 4.58. The molecule has 2 aliphatic carbocycles. The number of aromatic amines is 1. The maximum Gasteiger partial charge on any atom is 0.268 e. The Hall–Kier alpha value is -3.03. The summed E-state index contributed by atoms with van der Waals surface area (Å²) >= 11 is 0. The highest BCUT2D eigenvalue weighted by Gasteiger charge is 2.61. The van der Waals surface area contributed by atoms with Gasteiger partial charge < -0.3 is 25.3 Å². The molecule has 2 saturated carbocycles. The minimum Gasteiger partial charge on any atom is -0.497 e. The van der Waals surface area contributed by atoms with Crippen molar-refractivity contribution in [3.8, 4) is 5.75 Å². The molecule has 5 rings (SSSR count). The number of hydrogen-bond donors (Lipinski definition) is 3. The second-order valence-corrected chi connectivity index (χ2v) is 8.81. The average Bonchev–Trinajstić information content (AvgIpc) is 3.64. The van der Waals surface area contributed by atoms with Crippen LogP contribution in [0.25, 0.3) is 10.9 Å². The second kappa shape index (κ2) is 6.75. The number of nitrogens with zero attached hydrogens (tertiary/aromatic N) is 1. The van der Waals surface area contributed by atoms with Crippen LogP contribution in [0.5, 0.6) is 5.75 Å². The molecule has 8 heteroatoms. The maximum atomic E-state index is 13.0. The summed E-state index contributed by atoms with van der Waals surface area (Å²) in [6, 6.07) is 5.68. The number of fused-ring (bicyclic) bond motifs is 2. The molecular formula is C22H26N4O4. The van der Waals surface area contributed by atoms with Gasteiger partial charge in [0.15, 0.2) is 0 Å². The van der Waals surface area contributed by atoms with Crippen molar-refractivity contribution in [2.75, 3.05) is 26.7 Å². The van der Waals surface area contributed by atoms with Crippen molar-refractivity contribution in [3.63, 3.8) is 0 Å². The molecule has 2 atom stereocenters. The van der Waals surface area contributed by atoms with Crippen LogP contribution in [0.1, 0.15) is 35.3 Å². The molecule has 30 heavy (non-hydrogen) atoms. The number of carbonyl (C=O) groups excluding carboxylic acids is 3. The Morgan fingerprint density at radius 1 is 1.30 bits per heavy atom. The molecule has 3 amide bonds. The quantitative estimate of drug-likeness (QED) is 0.669. The Morgan fingerprint density at radius 3 is 2.83 bits per heavy atom. The van der Waals surface area contributed by atoms with Crippen LogP contribution in [-0.2, 0) is 9.59 Å². The molecule has 3 N–H and O–H groups in total. The van der Waals surface area contributed by atoms with Crippen LogP contribution in [0.15, 0.2) is 18.2 Å². The van der Waals surface area contributed by atoms with Crippen molar-refractivity contribution in [2.45, 2.75) is 31.7 Å². The lowest BCUT2D eigenvalue weighted by Gasteiger charge is -2.22. The highest BCUT2D eigenvalue weighted by Crippen LogP contribution is 2.49. The minimum absolute atomic E-state index is 0.0263. The zero-order valence-corrected chi connectivity index (χ0v) is 17.2. The van der Waals surface area contributed by atoms with E-state index in [0.29, 0.717) is 18.8 Å². The topological polar surface area (TPSA) is 104 Å². The average molecular weight is 410 g/mol. The predicted octanol–water partition coefficient (Wildman–Crippen LogP) is 1.34. The highest BCUT2D eigenvalue weighted by atomic mass is 16.5. The molecule has 1 saturated heterocycles. The molecule has 2 aromatic rings. The van der Waals surface area contributed by atoms with E-state index in [1.54, 1.807) is 12.0 Å². The lowest BCUT2D eigenvalue weighted by molar-refractivity contribution is -0.132. The van der Waals surface area contributed by atoms with Gasteiger partial charge in [-0.3, -0.25) is 14.4 Å². The molecule has 158 valence electrons. The molecule has 3 fully saturated rings. The smallest absolute Gasteiger partial charge is 0.268 e. The number of carbonyl (C=O) groups is 3. The summed E-state index contributed by atoms with van der Waals surface area (Å²) in [5.74, 6) is 0.849. The van der Waals surface area contributed by atoms with E-state index in [-0.39, 0.29) is 41.6 Å². The summed E-state index contributed by atoms with van der Waals surface area (Å²) in [7, 11) is 1.62. The predicted molar refractivity (Wildman–Crippen MR) is 110 cm³/mol. The monoisotopic (exact) mass is 410 g/mol. The van der Waals surface area contributed by atoms with Gasteiger partial charge in [0.2, 0.25) is 11.8 Å². The molecular weight excluding hydrogens is 384 g/mol. The van der Waals surface area contributed by atoms with E-state index in [0.717, 1.165) is 41.5 Å². The lowest BCUT2D eigenvalue weighted by atomic mass is 10.1. The number of rotatable bonds is 6. The third kappa shape index (κ3) is 3.20. The van der Waals surface area contributed by atoms with Crippen molar-refractivity contribution < 1.29 is 19.1 Å². The third-order valence-corrected chi connectivity index (χ3v) is 6.72. The van der Waals surface area contributed by atoms with Crippen LogP contribution in [-0.4, -0.2) is 59.9 Å². The number of ether oxygens (including phenoxy) is 1. The van der Waals surface area contributed by atoms with E-state index in [4.69, 9.17) is 4.74 Å². The van der Waals surface area contributed by atoms with E-state index in [2.05, 4.69) is 15.6 Å². The Morgan fingerprint density at radius 2 is 2.10 bits per heavy atom. The zero-order chi connectivity index (χ0) is 21.0. The summed E-state index contributed by atoms with van der Waals surface area (Å²) in [5.41, 5.74) is 1.95. The van der Waals surface area contributed by atoms with E-state index in [1.165, 1.54) is 0 Å². The summed E-state index contributed by atoms with van der Waals surface area (Å²) in [6.07, 6.45) is 2.71. The van der Waals surface area contributed by atoms with Gasteiger partial charge in [0.25, 0.3) is 5.91 Å². The van der Waals surface area contributed by atoms with Crippen molar-refractivity contribution in [1.82, 2.24) is 20.5 Å². The highest BCUT2D eigenvalue weighted by molar-refractivity contribution is 6.01. The molecule has 0 radical (unpaired) electrons. The standard InChI is InChI=1S/C22H26N4O4/c1-12-16-7-15(30-2)5-6-17(16)24-19(12)21(29)25-22-8-14(22)10-26(11-22)18(27)9-23-20(28)13-3-4-13/h5-7,13-14,24H,3-4,8-11H2,1-2H3,(H,23,28)(H,25,29)/t14-,22-/m1/s1. The summed E-state index contributed by atoms with van der Waals surface area (Å²) in [6.45, 7) is 3.08. The first-order valence-electron chi connectivity index (χ1n) is 10.4. The van der Waals surface area contributed by atoms with Crippen molar-refractivity contribution >= 4 is 28.6 Å². The fourth-order valence-electron chi connectivity index (χ4n) is 4.58. The molecule has 2 heterocycles. The van der Waals surface area contributed by atoms with Gasteiger partial charge in [-0.05, 0) is 49.9 Å². The first-order chi connectivity index (χ1) is 14.4. The molecule has 1 aromatic heterocycles. The maximum absolute atomic E-state index is 13.0. The number of hydrogen-bond acceptors (Lipinski definition) is 4. The molecule has 1 aliphatic heterocycles. The normalized spacial score (nSPS) is 24.5. The Labute approximate surface area is 174 Å².